The largest absolute Gasteiger partial charge is 0.496 e. The number of methoxy groups -OCH3 is 2. The van der Waals surface area contributed by atoms with Crippen LogP contribution in [0.15, 0.2) is 75.0 Å². The summed E-state index contributed by atoms with van der Waals surface area (Å²) in [6.07, 6.45) is 1.49. The summed E-state index contributed by atoms with van der Waals surface area (Å²) >= 11 is 6.29. The zero-order valence-corrected chi connectivity index (χ0v) is 20.6. The van der Waals surface area contributed by atoms with E-state index in [1.807, 2.05) is 31.2 Å². The molecule has 0 bridgehead atoms. The summed E-state index contributed by atoms with van der Waals surface area (Å²) in [6, 6.07) is 17.7. The third kappa shape index (κ3) is 4.16. The first-order valence-electron chi connectivity index (χ1n) is 11.2. The number of benzene rings is 3. The van der Waals surface area contributed by atoms with E-state index in [9.17, 15) is 4.79 Å². The highest BCUT2D eigenvalue weighted by Crippen LogP contribution is 2.35. The number of halogens is 1. The van der Waals surface area contributed by atoms with E-state index in [2.05, 4.69) is 5.10 Å². The van der Waals surface area contributed by atoms with Crippen molar-refractivity contribution in [2.75, 3.05) is 20.8 Å². The standard InChI is InChI=1S/C27H22ClN3O5/c1-4-35-25-16(12-17(28)13-23(25)34-3)15-29-31-26(30-20-9-6-5-8-18(20)27(31)32)24-14-19-21(33-2)10-7-11-22(19)36-24/h5-15H,4H2,1-3H3. The topological polar surface area (TPSA) is 88.1 Å². The molecule has 5 aromatic rings. The van der Waals surface area contributed by atoms with E-state index in [4.69, 9.17) is 35.2 Å². The van der Waals surface area contributed by atoms with E-state index >= 15 is 0 Å². The van der Waals surface area contributed by atoms with Gasteiger partial charge in [-0.2, -0.15) is 9.78 Å². The van der Waals surface area contributed by atoms with Gasteiger partial charge in [0, 0.05) is 16.7 Å². The van der Waals surface area contributed by atoms with Gasteiger partial charge in [-0.3, -0.25) is 4.79 Å². The van der Waals surface area contributed by atoms with Gasteiger partial charge in [-0.05, 0) is 43.3 Å². The first kappa shape index (κ1) is 23.4. The maximum atomic E-state index is 13.5. The Morgan fingerprint density at radius 3 is 2.61 bits per heavy atom. The van der Waals surface area contributed by atoms with Gasteiger partial charge in [-0.15, -0.1) is 0 Å². The van der Waals surface area contributed by atoms with Gasteiger partial charge in [-0.25, -0.2) is 4.98 Å². The lowest BCUT2D eigenvalue weighted by Crippen LogP contribution is -2.20. The van der Waals surface area contributed by atoms with Crippen LogP contribution in [0.2, 0.25) is 5.02 Å². The molecule has 36 heavy (non-hydrogen) atoms. The molecule has 2 heterocycles. The molecule has 0 N–H and O–H groups in total. The normalized spacial score (nSPS) is 11.4. The zero-order valence-electron chi connectivity index (χ0n) is 19.8. The fraction of sp³-hybridized carbons (Fsp3) is 0.148. The fourth-order valence-corrected chi connectivity index (χ4v) is 4.18. The van der Waals surface area contributed by atoms with Crippen molar-refractivity contribution in [1.29, 1.82) is 0 Å². The Balaban J connectivity index is 1.74. The van der Waals surface area contributed by atoms with Crippen molar-refractivity contribution in [3.8, 4) is 28.8 Å². The minimum atomic E-state index is -0.355. The molecule has 0 spiro atoms. The van der Waals surface area contributed by atoms with Gasteiger partial charge < -0.3 is 18.6 Å². The average molecular weight is 504 g/mol. The Kier molecular flexibility index (Phi) is 6.35. The number of hydrogen-bond donors (Lipinski definition) is 0. The Bertz CT molecular complexity index is 1670. The molecule has 0 atom stereocenters. The van der Waals surface area contributed by atoms with Crippen LogP contribution < -0.4 is 19.8 Å². The number of para-hydroxylation sites is 1. The van der Waals surface area contributed by atoms with Gasteiger partial charge >= 0.3 is 0 Å². The molecule has 9 heteroatoms. The Labute approximate surface area is 211 Å². The van der Waals surface area contributed by atoms with Crippen molar-refractivity contribution in [3.63, 3.8) is 0 Å². The van der Waals surface area contributed by atoms with E-state index < -0.39 is 0 Å². The third-order valence-electron chi connectivity index (χ3n) is 5.58. The minimum Gasteiger partial charge on any atom is -0.496 e. The molecule has 0 saturated heterocycles. The van der Waals surface area contributed by atoms with E-state index in [0.717, 1.165) is 5.39 Å². The molecule has 0 amide bonds. The molecule has 5 rings (SSSR count). The lowest BCUT2D eigenvalue weighted by Gasteiger charge is -2.13. The van der Waals surface area contributed by atoms with Crippen molar-refractivity contribution < 1.29 is 18.6 Å². The lowest BCUT2D eigenvalue weighted by atomic mass is 10.2. The van der Waals surface area contributed by atoms with Gasteiger partial charge in [0.15, 0.2) is 17.3 Å². The Hall–Kier alpha value is -4.30. The average Bonchev–Trinajstić information content (AvgIpc) is 3.33. The second kappa shape index (κ2) is 9.75. The quantitative estimate of drug-likeness (QED) is 0.262. The molecular formula is C27H22ClN3O5. The van der Waals surface area contributed by atoms with Gasteiger partial charge in [0.1, 0.15) is 11.3 Å². The van der Waals surface area contributed by atoms with Crippen LogP contribution >= 0.6 is 11.6 Å². The van der Waals surface area contributed by atoms with Crippen molar-refractivity contribution in [2.45, 2.75) is 6.92 Å². The summed E-state index contributed by atoms with van der Waals surface area (Å²) in [5, 5.41) is 6.11. The van der Waals surface area contributed by atoms with Crippen LogP contribution in [-0.4, -0.2) is 36.7 Å². The maximum absolute atomic E-state index is 13.5. The van der Waals surface area contributed by atoms with Gasteiger partial charge in [0.05, 0.1) is 43.3 Å². The Morgan fingerprint density at radius 2 is 1.83 bits per heavy atom. The molecule has 182 valence electrons. The van der Waals surface area contributed by atoms with Crippen molar-refractivity contribution in [1.82, 2.24) is 9.66 Å². The molecule has 0 fully saturated rings. The highest BCUT2D eigenvalue weighted by atomic mass is 35.5. The van der Waals surface area contributed by atoms with Gasteiger partial charge in [0.2, 0.25) is 5.82 Å². The molecule has 0 aliphatic heterocycles. The molecule has 8 nitrogen and oxygen atoms in total. The maximum Gasteiger partial charge on any atom is 0.282 e. The molecule has 0 aliphatic rings. The van der Waals surface area contributed by atoms with E-state index in [1.165, 1.54) is 18.0 Å². The third-order valence-corrected chi connectivity index (χ3v) is 5.80. The molecule has 2 aromatic heterocycles. The summed E-state index contributed by atoms with van der Waals surface area (Å²) in [6.45, 7) is 2.27. The predicted molar refractivity (Wildman–Crippen MR) is 140 cm³/mol. The summed E-state index contributed by atoms with van der Waals surface area (Å²) in [5.74, 6) is 2.17. The van der Waals surface area contributed by atoms with Crippen molar-refractivity contribution in [3.05, 3.63) is 81.6 Å². The number of aromatic nitrogens is 2. The fourth-order valence-electron chi connectivity index (χ4n) is 3.97. The van der Waals surface area contributed by atoms with Crippen LogP contribution in [0.1, 0.15) is 12.5 Å². The number of rotatable bonds is 7. The van der Waals surface area contributed by atoms with Gasteiger partial charge in [-0.1, -0.05) is 29.8 Å². The first-order valence-corrected chi connectivity index (χ1v) is 11.5. The summed E-state index contributed by atoms with van der Waals surface area (Å²) in [5.41, 5.74) is 1.31. The Morgan fingerprint density at radius 1 is 1.03 bits per heavy atom. The van der Waals surface area contributed by atoms with Crippen molar-refractivity contribution in [2.24, 2.45) is 5.10 Å². The highest BCUT2D eigenvalue weighted by molar-refractivity contribution is 6.31. The monoisotopic (exact) mass is 503 g/mol. The molecule has 0 aliphatic carbocycles. The number of hydrogen-bond acceptors (Lipinski definition) is 7. The van der Waals surface area contributed by atoms with E-state index in [0.29, 0.717) is 56.7 Å². The lowest BCUT2D eigenvalue weighted by molar-refractivity contribution is 0.310. The van der Waals surface area contributed by atoms with Crippen LogP contribution in [0, 0.1) is 0 Å². The van der Waals surface area contributed by atoms with E-state index in [-0.39, 0.29) is 11.4 Å². The molecule has 3 aromatic carbocycles. The number of ether oxygens (including phenoxy) is 3. The van der Waals surface area contributed by atoms with Crippen molar-refractivity contribution >= 4 is 39.7 Å². The second-order valence-corrected chi connectivity index (χ2v) is 8.19. The summed E-state index contributed by atoms with van der Waals surface area (Å²) in [7, 11) is 3.12. The number of furan rings is 1. The molecular weight excluding hydrogens is 482 g/mol. The van der Waals surface area contributed by atoms with Crippen LogP contribution in [-0.2, 0) is 0 Å². The smallest absolute Gasteiger partial charge is 0.282 e. The van der Waals surface area contributed by atoms with E-state index in [1.54, 1.807) is 43.5 Å². The zero-order chi connectivity index (χ0) is 25.2. The number of fused-ring (bicyclic) bond motifs is 2. The molecule has 0 radical (unpaired) electrons. The molecule has 0 saturated carbocycles. The summed E-state index contributed by atoms with van der Waals surface area (Å²) < 4.78 is 23.9. The minimum absolute atomic E-state index is 0.236. The highest BCUT2D eigenvalue weighted by Gasteiger charge is 2.18. The molecule has 0 unspecified atom stereocenters. The van der Waals surface area contributed by atoms with Crippen LogP contribution in [0.25, 0.3) is 33.5 Å². The van der Waals surface area contributed by atoms with Gasteiger partial charge in [0.25, 0.3) is 5.56 Å². The van der Waals surface area contributed by atoms with Crippen LogP contribution in [0.4, 0.5) is 0 Å². The van der Waals surface area contributed by atoms with Crippen LogP contribution in [0.5, 0.6) is 17.2 Å². The second-order valence-electron chi connectivity index (χ2n) is 7.76. The SMILES string of the molecule is CCOc1c(C=Nn2c(-c3cc4c(OC)cccc4o3)nc3ccccc3c2=O)cc(Cl)cc1OC. The van der Waals surface area contributed by atoms with Crippen LogP contribution in [0.3, 0.4) is 0 Å². The number of nitrogens with zero attached hydrogens (tertiary/aromatic N) is 3. The summed E-state index contributed by atoms with van der Waals surface area (Å²) in [4.78, 5) is 18.3. The predicted octanol–water partition coefficient (Wildman–Crippen LogP) is 5.76. The first-order chi connectivity index (χ1) is 17.5.